The maximum absolute atomic E-state index is 11.9. The van der Waals surface area contributed by atoms with Crippen LogP contribution in [-0.4, -0.2) is 37.2 Å². The van der Waals surface area contributed by atoms with Gasteiger partial charge in [0.2, 0.25) is 0 Å². The van der Waals surface area contributed by atoms with E-state index in [1.807, 2.05) is 0 Å². The highest BCUT2D eigenvalue weighted by atomic mass is 35.5. The Kier molecular flexibility index (Phi) is 6.88. The Morgan fingerprint density at radius 1 is 1.11 bits per heavy atom. The molecule has 0 saturated heterocycles. The molecule has 2 amide bonds. The second-order valence-corrected chi connectivity index (χ2v) is 5.60. The molecule has 0 saturated carbocycles. The number of benzene rings is 2. The van der Waals surface area contributed by atoms with Gasteiger partial charge in [-0.3, -0.25) is 19.7 Å². The molecule has 0 bridgehead atoms. The van der Waals surface area contributed by atoms with E-state index < -0.39 is 22.4 Å². The van der Waals surface area contributed by atoms with Crippen LogP contribution >= 0.6 is 11.6 Å². The van der Waals surface area contributed by atoms with Gasteiger partial charge >= 0.3 is 11.8 Å². The van der Waals surface area contributed by atoms with Crippen LogP contribution in [0.5, 0.6) is 11.5 Å². The van der Waals surface area contributed by atoms with Crippen LogP contribution in [0.2, 0.25) is 5.02 Å². The zero-order valence-corrected chi connectivity index (χ0v) is 15.5. The van der Waals surface area contributed by atoms with Crippen molar-refractivity contribution in [2.24, 2.45) is 5.10 Å². The van der Waals surface area contributed by atoms with Crippen molar-refractivity contribution in [2.45, 2.75) is 0 Å². The highest BCUT2D eigenvalue weighted by molar-refractivity contribution is 6.39. The molecule has 146 valence electrons. The number of carbonyl (C=O) groups is 2. The van der Waals surface area contributed by atoms with E-state index in [4.69, 9.17) is 21.1 Å². The molecule has 2 aromatic carbocycles. The average molecular weight is 407 g/mol. The summed E-state index contributed by atoms with van der Waals surface area (Å²) < 4.78 is 10.3. The molecule has 0 aromatic heterocycles. The van der Waals surface area contributed by atoms with Crippen molar-refractivity contribution in [1.29, 1.82) is 0 Å². The number of nitrogens with one attached hydrogen (secondary N) is 2. The predicted octanol–water partition coefficient (Wildman–Crippen LogP) is 2.35. The van der Waals surface area contributed by atoms with Crippen molar-refractivity contribution in [3.8, 4) is 11.5 Å². The number of nitro benzene ring substituents is 1. The van der Waals surface area contributed by atoms with Crippen molar-refractivity contribution >= 4 is 41.0 Å². The van der Waals surface area contributed by atoms with Crippen molar-refractivity contribution in [2.75, 3.05) is 19.5 Å². The summed E-state index contributed by atoms with van der Waals surface area (Å²) >= 11 is 5.69. The quantitative estimate of drug-likeness (QED) is 0.327. The summed E-state index contributed by atoms with van der Waals surface area (Å²) in [4.78, 5) is 33.8. The van der Waals surface area contributed by atoms with Gasteiger partial charge in [0.25, 0.3) is 5.69 Å². The summed E-state index contributed by atoms with van der Waals surface area (Å²) in [5.41, 5.74) is 2.29. The zero-order valence-electron chi connectivity index (χ0n) is 14.8. The highest BCUT2D eigenvalue weighted by Crippen LogP contribution is 2.28. The lowest BCUT2D eigenvalue weighted by atomic mass is 10.2. The van der Waals surface area contributed by atoms with Gasteiger partial charge in [0, 0.05) is 11.8 Å². The average Bonchev–Trinajstić information content (AvgIpc) is 2.68. The minimum atomic E-state index is -1.06. The van der Waals surface area contributed by atoms with Gasteiger partial charge in [0.15, 0.2) is 11.5 Å². The van der Waals surface area contributed by atoms with Crippen LogP contribution in [-0.2, 0) is 9.59 Å². The molecule has 0 heterocycles. The van der Waals surface area contributed by atoms with Crippen molar-refractivity contribution in [1.82, 2.24) is 5.43 Å². The Balaban J connectivity index is 1.99. The number of nitrogens with zero attached hydrogens (tertiary/aromatic N) is 2. The zero-order chi connectivity index (χ0) is 20.7. The molecule has 2 rings (SSSR count). The van der Waals surface area contributed by atoms with E-state index in [2.05, 4.69) is 15.8 Å². The number of nitro groups is 1. The van der Waals surface area contributed by atoms with Gasteiger partial charge in [-0.15, -0.1) is 0 Å². The van der Waals surface area contributed by atoms with Crippen molar-refractivity contribution in [3.05, 3.63) is 57.1 Å². The van der Waals surface area contributed by atoms with Gasteiger partial charge in [-0.05, 0) is 35.9 Å². The van der Waals surface area contributed by atoms with E-state index in [1.54, 1.807) is 18.2 Å². The maximum atomic E-state index is 11.9. The Morgan fingerprint density at radius 3 is 2.46 bits per heavy atom. The number of hydrogen-bond acceptors (Lipinski definition) is 7. The van der Waals surface area contributed by atoms with Gasteiger partial charge < -0.3 is 14.8 Å². The normalized spacial score (nSPS) is 10.4. The number of amides is 2. The van der Waals surface area contributed by atoms with Gasteiger partial charge in [0.1, 0.15) is 5.02 Å². The van der Waals surface area contributed by atoms with Gasteiger partial charge in [-0.1, -0.05) is 11.6 Å². The van der Waals surface area contributed by atoms with Gasteiger partial charge in [-0.2, -0.15) is 5.10 Å². The summed E-state index contributed by atoms with van der Waals surface area (Å²) in [6, 6.07) is 8.56. The Bertz CT molecular complexity index is 947. The smallest absolute Gasteiger partial charge is 0.329 e. The van der Waals surface area contributed by atoms with E-state index in [0.29, 0.717) is 17.1 Å². The van der Waals surface area contributed by atoms with E-state index in [0.717, 1.165) is 6.07 Å². The van der Waals surface area contributed by atoms with E-state index in [-0.39, 0.29) is 10.7 Å². The third-order valence-corrected chi connectivity index (χ3v) is 3.71. The summed E-state index contributed by atoms with van der Waals surface area (Å²) in [5, 5.41) is 16.7. The highest BCUT2D eigenvalue weighted by Gasteiger charge is 2.17. The molecule has 0 aliphatic carbocycles. The number of anilines is 1. The largest absolute Gasteiger partial charge is 0.493 e. The Morgan fingerprint density at radius 2 is 1.82 bits per heavy atom. The van der Waals surface area contributed by atoms with Crippen molar-refractivity contribution < 1.29 is 24.0 Å². The molecule has 2 N–H and O–H groups in total. The molecule has 0 fully saturated rings. The van der Waals surface area contributed by atoms with Crippen LogP contribution < -0.4 is 20.2 Å². The lowest BCUT2D eigenvalue weighted by molar-refractivity contribution is -0.384. The fraction of sp³-hybridized carbons (Fsp3) is 0.118. The monoisotopic (exact) mass is 406 g/mol. The molecular formula is C17H15ClN4O6. The fourth-order valence-electron chi connectivity index (χ4n) is 2.07. The standard InChI is InChI=1S/C17H15ClN4O6/c1-27-14-6-3-10(7-15(14)28-2)9-19-21-17(24)16(23)20-11-4-5-12(18)13(8-11)22(25)26/h3-9H,1-2H3,(H,20,23)(H,21,24)/b19-9+. The lowest BCUT2D eigenvalue weighted by Crippen LogP contribution is -2.32. The van der Waals surface area contributed by atoms with E-state index >= 15 is 0 Å². The Labute approximate surface area is 164 Å². The minimum absolute atomic E-state index is 0.0418. The molecule has 28 heavy (non-hydrogen) atoms. The topological polar surface area (TPSA) is 132 Å². The third kappa shape index (κ3) is 5.17. The number of ether oxygens (including phenoxy) is 2. The number of halogens is 1. The molecule has 0 unspecified atom stereocenters. The molecule has 10 nitrogen and oxygen atoms in total. The lowest BCUT2D eigenvalue weighted by Gasteiger charge is -2.07. The first-order valence-corrected chi connectivity index (χ1v) is 8.04. The molecule has 0 aliphatic heterocycles. The second-order valence-electron chi connectivity index (χ2n) is 5.19. The molecule has 0 spiro atoms. The van der Waals surface area contributed by atoms with E-state index in [9.17, 15) is 19.7 Å². The second kappa shape index (κ2) is 9.33. The number of methoxy groups -OCH3 is 2. The SMILES string of the molecule is COc1ccc(/C=N/NC(=O)C(=O)Nc2ccc(Cl)c([N+](=O)[O-])c2)cc1OC. The van der Waals surface area contributed by atoms with E-state index in [1.165, 1.54) is 32.6 Å². The van der Waals surface area contributed by atoms with Crippen LogP contribution in [0.1, 0.15) is 5.56 Å². The summed E-state index contributed by atoms with van der Waals surface area (Å²) in [7, 11) is 2.98. The number of rotatable bonds is 6. The summed E-state index contributed by atoms with van der Waals surface area (Å²) in [6.45, 7) is 0. The fourth-order valence-corrected chi connectivity index (χ4v) is 2.25. The van der Waals surface area contributed by atoms with Crippen molar-refractivity contribution in [3.63, 3.8) is 0 Å². The molecule has 0 radical (unpaired) electrons. The third-order valence-electron chi connectivity index (χ3n) is 3.39. The van der Waals surface area contributed by atoms with Crippen LogP contribution in [0.4, 0.5) is 11.4 Å². The molecule has 0 aliphatic rings. The first-order valence-electron chi connectivity index (χ1n) is 7.66. The van der Waals surface area contributed by atoms with Gasteiger partial charge in [0.05, 0.1) is 25.4 Å². The maximum Gasteiger partial charge on any atom is 0.329 e. The first kappa shape index (κ1) is 20.6. The summed E-state index contributed by atoms with van der Waals surface area (Å²) in [6.07, 6.45) is 1.31. The Hall–Kier alpha value is -3.66. The molecular weight excluding hydrogens is 392 g/mol. The van der Waals surface area contributed by atoms with Crippen LogP contribution in [0.25, 0.3) is 0 Å². The number of carbonyl (C=O) groups excluding carboxylic acids is 2. The van der Waals surface area contributed by atoms with Crippen LogP contribution in [0.15, 0.2) is 41.5 Å². The first-order chi connectivity index (χ1) is 13.3. The number of hydrogen-bond donors (Lipinski definition) is 2. The molecule has 11 heteroatoms. The minimum Gasteiger partial charge on any atom is -0.493 e. The van der Waals surface area contributed by atoms with Gasteiger partial charge in [-0.25, -0.2) is 5.43 Å². The predicted molar refractivity (Wildman–Crippen MR) is 102 cm³/mol. The molecule has 2 aromatic rings. The summed E-state index contributed by atoms with van der Waals surface area (Å²) in [5.74, 6) is -1.12. The molecule has 0 atom stereocenters. The van der Waals surface area contributed by atoms with Crippen LogP contribution in [0, 0.1) is 10.1 Å². The number of hydrazone groups is 1. The van der Waals surface area contributed by atoms with Crippen LogP contribution in [0.3, 0.4) is 0 Å².